The number of aromatic nitrogens is 2. The molecule has 1 heterocycles. The molecule has 2 N–H and O–H groups in total. The van der Waals surface area contributed by atoms with Gasteiger partial charge >= 0.3 is 6.09 Å². The minimum Gasteiger partial charge on any atom is -0.465 e. The van der Waals surface area contributed by atoms with Crippen LogP contribution in [0.25, 0.3) is 22.2 Å². The van der Waals surface area contributed by atoms with Gasteiger partial charge in [0.2, 0.25) is 11.8 Å². The van der Waals surface area contributed by atoms with Gasteiger partial charge in [0.15, 0.2) is 0 Å². The molecule has 0 saturated carbocycles. The number of carbonyl (C=O) groups is 2. The molecule has 1 atom stereocenters. The molecule has 0 unspecified atom stereocenters. The maximum atomic E-state index is 11.4. The van der Waals surface area contributed by atoms with Gasteiger partial charge in [-0.25, -0.2) is 4.79 Å². The molecule has 3 aromatic rings. The van der Waals surface area contributed by atoms with Crippen molar-refractivity contribution >= 4 is 22.6 Å². The van der Waals surface area contributed by atoms with Gasteiger partial charge in [0.25, 0.3) is 0 Å². The summed E-state index contributed by atoms with van der Waals surface area (Å²) in [7, 11) is 0. The van der Waals surface area contributed by atoms with Crippen LogP contribution in [0.2, 0.25) is 0 Å². The smallest absolute Gasteiger partial charge is 0.405 e. The fourth-order valence-corrected chi connectivity index (χ4v) is 3.25. The molecular weight excluding hydrogens is 370 g/mol. The average Bonchev–Trinajstić information content (AvgIpc) is 3.22. The number of nitrogens with zero attached hydrogens (tertiary/aromatic N) is 2. The van der Waals surface area contributed by atoms with Crippen molar-refractivity contribution in [2.24, 2.45) is 0 Å². The Morgan fingerprint density at radius 1 is 1.07 bits per heavy atom. The van der Waals surface area contributed by atoms with E-state index in [9.17, 15) is 9.59 Å². The number of rotatable bonds is 10. The van der Waals surface area contributed by atoms with Crippen LogP contribution in [0, 0.1) is 0 Å². The highest BCUT2D eigenvalue weighted by Gasteiger charge is 2.21. The van der Waals surface area contributed by atoms with Gasteiger partial charge in [0.05, 0.1) is 0 Å². The summed E-state index contributed by atoms with van der Waals surface area (Å²) < 4.78 is 5.79. The van der Waals surface area contributed by atoms with Gasteiger partial charge in [-0.2, -0.15) is 0 Å². The summed E-state index contributed by atoms with van der Waals surface area (Å²) in [5.74, 6) is 0.860. The van der Waals surface area contributed by atoms with Crippen LogP contribution in [0.1, 0.15) is 57.4 Å². The Balaban J connectivity index is 1.67. The monoisotopic (exact) mass is 395 g/mol. The normalized spacial score (nSPS) is 12.0. The zero-order chi connectivity index (χ0) is 20.6. The second kappa shape index (κ2) is 9.82. The number of hydrogen-bond donors (Lipinski definition) is 2. The Bertz CT molecular complexity index is 983. The van der Waals surface area contributed by atoms with Crippen molar-refractivity contribution in [2.75, 3.05) is 0 Å². The van der Waals surface area contributed by atoms with E-state index in [1.165, 1.54) is 0 Å². The van der Waals surface area contributed by atoms with Gasteiger partial charge in [-0.3, -0.25) is 4.79 Å². The highest BCUT2D eigenvalue weighted by Crippen LogP contribution is 2.26. The second-order valence-electron chi connectivity index (χ2n) is 7.00. The molecule has 7 heteroatoms. The van der Waals surface area contributed by atoms with Crippen LogP contribution in [0.15, 0.2) is 46.9 Å². The van der Waals surface area contributed by atoms with E-state index < -0.39 is 12.1 Å². The summed E-state index contributed by atoms with van der Waals surface area (Å²) in [4.78, 5) is 22.5. The number of amides is 1. The van der Waals surface area contributed by atoms with Crippen LogP contribution in [-0.2, 0) is 4.79 Å². The third-order valence-electron chi connectivity index (χ3n) is 4.88. The number of benzene rings is 2. The van der Waals surface area contributed by atoms with Gasteiger partial charge in [-0.1, -0.05) is 50.1 Å². The van der Waals surface area contributed by atoms with Crippen LogP contribution in [0.4, 0.5) is 4.79 Å². The Labute approximate surface area is 169 Å². The number of unbranched alkanes of at least 4 members (excludes halogenated alkanes) is 2. The van der Waals surface area contributed by atoms with Crippen molar-refractivity contribution in [2.45, 2.75) is 51.5 Å². The Morgan fingerprint density at radius 2 is 1.86 bits per heavy atom. The van der Waals surface area contributed by atoms with Gasteiger partial charge in [0, 0.05) is 18.4 Å². The highest BCUT2D eigenvalue weighted by atomic mass is 16.4. The molecule has 7 nitrogen and oxygen atoms in total. The van der Waals surface area contributed by atoms with Crippen LogP contribution < -0.4 is 5.32 Å². The van der Waals surface area contributed by atoms with Crippen molar-refractivity contribution in [1.82, 2.24) is 15.5 Å². The minimum atomic E-state index is -1.14. The van der Waals surface area contributed by atoms with E-state index >= 15 is 0 Å². The first kappa shape index (κ1) is 20.5. The van der Waals surface area contributed by atoms with Gasteiger partial charge in [-0.05, 0) is 35.7 Å². The predicted octanol–water partition coefficient (Wildman–Crippen LogP) is 5.13. The van der Waals surface area contributed by atoms with Gasteiger partial charge < -0.3 is 14.8 Å². The predicted molar refractivity (Wildman–Crippen MR) is 110 cm³/mol. The quantitative estimate of drug-likeness (QED) is 0.461. The van der Waals surface area contributed by atoms with E-state index in [0.29, 0.717) is 25.2 Å². The number of carboxylic acid groups (broad SMARTS) is 1. The first-order valence-electron chi connectivity index (χ1n) is 9.90. The number of Topliss-reactive ketones (excluding diaryl/α,β-unsaturated/α-hetero) is 1. The topological polar surface area (TPSA) is 105 Å². The SMILES string of the molecule is CCC(=O)CCCCC[C@H](NC(=O)O)c1nnc(-c2ccc3ccccc3c2)o1. The highest BCUT2D eigenvalue weighted by molar-refractivity contribution is 5.86. The van der Waals surface area contributed by atoms with E-state index in [0.717, 1.165) is 35.6 Å². The zero-order valence-corrected chi connectivity index (χ0v) is 16.4. The summed E-state index contributed by atoms with van der Waals surface area (Å²) >= 11 is 0. The zero-order valence-electron chi connectivity index (χ0n) is 16.4. The number of hydrogen-bond acceptors (Lipinski definition) is 5. The van der Waals surface area contributed by atoms with E-state index in [2.05, 4.69) is 15.5 Å². The van der Waals surface area contributed by atoms with Crippen molar-refractivity contribution in [3.05, 3.63) is 48.4 Å². The molecule has 0 fully saturated rings. The lowest BCUT2D eigenvalue weighted by molar-refractivity contribution is -0.118. The summed E-state index contributed by atoms with van der Waals surface area (Å²) in [6, 6.07) is 13.3. The van der Waals surface area contributed by atoms with Crippen molar-refractivity contribution in [3.8, 4) is 11.5 Å². The van der Waals surface area contributed by atoms with Crippen LogP contribution in [0.3, 0.4) is 0 Å². The Hall–Kier alpha value is -3.22. The fourth-order valence-electron chi connectivity index (χ4n) is 3.25. The molecule has 0 spiro atoms. The number of ketones is 1. The van der Waals surface area contributed by atoms with E-state index in [1.54, 1.807) is 0 Å². The summed E-state index contributed by atoms with van der Waals surface area (Å²) in [6.07, 6.45) is 2.93. The third-order valence-corrected chi connectivity index (χ3v) is 4.88. The lowest BCUT2D eigenvalue weighted by Gasteiger charge is -2.12. The second-order valence-corrected chi connectivity index (χ2v) is 7.00. The Morgan fingerprint density at radius 3 is 2.62 bits per heavy atom. The summed E-state index contributed by atoms with van der Waals surface area (Å²) in [5, 5.41) is 22.0. The Kier molecular flexibility index (Phi) is 6.94. The van der Waals surface area contributed by atoms with Gasteiger partial charge in [0.1, 0.15) is 11.8 Å². The fraction of sp³-hybridized carbons (Fsp3) is 0.364. The molecule has 0 aliphatic carbocycles. The first-order chi connectivity index (χ1) is 14.1. The molecule has 3 rings (SSSR count). The largest absolute Gasteiger partial charge is 0.465 e. The van der Waals surface area contributed by atoms with Crippen LogP contribution >= 0.6 is 0 Å². The van der Waals surface area contributed by atoms with Crippen molar-refractivity contribution < 1.29 is 19.1 Å². The van der Waals surface area contributed by atoms with Crippen molar-refractivity contribution in [1.29, 1.82) is 0 Å². The summed E-state index contributed by atoms with van der Waals surface area (Å²) in [6.45, 7) is 1.86. The molecule has 0 aliphatic heterocycles. The summed E-state index contributed by atoms with van der Waals surface area (Å²) in [5.41, 5.74) is 0.787. The lowest BCUT2D eigenvalue weighted by atomic mass is 10.1. The third kappa shape index (κ3) is 5.63. The van der Waals surface area contributed by atoms with Gasteiger partial charge in [-0.15, -0.1) is 10.2 Å². The number of fused-ring (bicyclic) bond motifs is 1. The number of carbonyl (C=O) groups excluding carboxylic acids is 1. The average molecular weight is 395 g/mol. The lowest BCUT2D eigenvalue weighted by Crippen LogP contribution is -2.27. The van der Waals surface area contributed by atoms with E-state index in [1.807, 2.05) is 49.4 Å². The van der Waals surface area contributed by atoms with Crippen LogP contribution in [-0.4, -0.2) is 27.2 Å². The van der Waals surface area contributed by atoms with E-state index in [4.69, 9.17) is 9.52 Å². The minimum absolute atomic E-state index is 0.250. The molecule has 2 aromatic carbocycles. The number of nitrogens with one attached hydrogen (secondary N) is 1. The molecule has 0 saturated heterocycles. The molecule has 152 valence electrons. The molecule has 29 heavy (non-hydrogen) atoms. The standard InChI is InChI=1S/C22H25N3O4/c1-2-18(26)10-4-3-5-11-19(23-22(27)28)21-25-24-20(29-21)17-13-12-15-8-6-7-9-16(15)14-17/h6-9,12-14,19,23H,2-5,10-11H2,1H3,(H,27,28)/t19-/m0/s1. The maximum Gasteiger partial charge on any atom is 0.405 e. The molecule has 0 aliphatic rings. The van der Waals surface area contributed by atoms with E-state index in [-0.39, 0.29) is 11.7 Å². The van der Waals surface area contributed by atoms with Crippen LogP contribution in [0.5, 0.6) is 0 Å². The first-order valence-corrected chi connectivity index (χ1v) is 9.90. The maximum absolute atomic E-state index is 11.4. The molecule has 0 radical (unpaired) electrons. The molecular formula is C22H25N3O4. The molecule has 1 aromatic heterocycles. The molecule has 1 amide bonds. The van der Waals surface area contributed by atoms with Crippen molar-refractivity contribution in [3.63, 3.8) is 0 Å². The molecule has 0 bridgehead atoms.